The molecular formula is C26H21N3O4. The van der Waals surface area contributed by atoms with Gasteiger partial charge in [0, 0.05) is 35.3 Å². The first-order valence-electron chi connectivity index (χ1n) is 10.4. The quantitative estimate of drug-likeness (QED) is 0.380. The largest absolute Gasteiger partial charge is 0.497 e. The number of nitrogens with zero attached hydrogens (tertiary/aromatic N) is 2. The van der Waals surface area contributed by atoms with E-state index in [2.05, 4.69) is 15.3 Å². The number of aryl methyl sites for hydroxylation is 1. The number of pyridine rings is 2. The number of furan rings is 1. The molecule has 7 nitrogen and oxygen atoms in total. The fourth-order valence-electron chi connectivity index (χ4n) is 3.75. The molecule has 5 rings (SSSR count). The van der Waals surface area contributed by atoms with Crippen LogP contribution in [-0.4, -0.2) is 23.0 Å². The minimum absolute atomic E-state index is 0.209. The molecule has 0 aliphatic heterocycles. The van der Waals surface area contributed by atoms with Gasteiger partial charge in [0.05, 0.1) is 30.4 Å². The highest BCUT2D eigenvalue weighted by molar-refractivity contribution is 6.07. The summed E-state index contributed by atoms with van der Waals surface area (Å²) in [5.74, 6) is 2.33. The number of benzene rings is 2. The highest BCUT2D eigenvalue weighted by Crippen LogP contribution is 2.34. The molecule has 0 aliphatic rings. The molecule has 33 heavy (non-hydrogen) atoms. The van der Waals surface area contributed by atoms with Gasteiger partial charge in [0.2, 0.25) is 0 Å². The molecule has 3 aromatic heterocycles. The Kier molecular flexibility index (Phi) is 5.36. The van der Waals surface area contributed by atoms with Crippen molar-refractivity contribution in [2.75, 3.05) is 7.11 Å². The molecule has 0 radical (unpaired) electrons. The summed E-state index contributed by atoms with van der Waals surface area (Å²) in [6.45, 7) is 2.12. The molecule has 164 valence electrons. The molecule has 0 saturated heterocycles. The van der Waals surface area contributed by atoms with Crippen molar-refractivity contribution >= 4 is 27.8 Å². The van der Waals surface area contributed by atoms with Crippen LogP contribution in [0.1, 0.15) is 21.8 Å². The molecular weight excluding hydrogens is 418 g/mol. The molecule has 0 saturated carbocycles. The molecule has 0 bridgehead atoms. The Labute approximate surface area is 190 Å². The molecule has 0 atom stereocenters. The lowest BCUT2D eigenvalue weighted by molar-refractivity contribution is 0.0950. The van der Waals surface area contributed by atoms with Crippen molar-refractivity contribution < 1.29 is 18.7 Å². The lowest BCUT2D eigenvalue weighted by Gasteiger charge is -2.09. The number of aromatic nitrogens is 2. The second kappa shape index (κ2) is 8.63. The van der Waals surface area contributed by atoms with Gasteiger partial charge in [0.1, 0.15) is 28.6 Å². The van der Waals surface area contributed by atoms with Crippen LogP contribution in [-0.2, 0) is 6.54 Å². The fraction of sp³-hybridized carbons (Fsp3) is 0.115. The van der Waals surface area contributed by atoms with E-state index < -0.39 is 0 Å². The van der Waals surface area contributed by atoms with Crippen LogP contribution < -0.4 is 14.8 Å². The van der Waals surface area contributed by atoms with Gasteiger partial charge in [-0.05, 0) is 49.4 Å². The highest BCUT2D eigenvalue weighted by atomic mass is 16.5. The van der Waals surface area contributed by atoms with Crippen molar-refractivity contribution in [2.45, 2.75) is 13.5 Å². The van der Waals surface area contributed by atoms with Gasteiger partial charge in [-0.2, -0.15) is 0 Å². The number of hydrogen-bond acceptors (Lipinski definition) is 6. The second-order valence-corrected chi connectivity index (χ2v) is 7.49. The highest BCUT2D eigenvalue weighted by Gasteiger charge is 2.19. The number of fused-ring (bicyclic) bond motifs is 2. The smallest absolute Gasteiger partial charge is 0.255 e. The number of carbonyl (C=O) groups excluding carboxylic acids is 1. The predicted molar refractivity (Wildman–Crippen MR) is 125 cm³/mol. The first kappa shape index (κ1) is 20.5. The average Bonchev–Trinajstić information content (AvgIpc) is 3.18. The third kappa shape index (κ3) is 4.08. The zero-order chi connectivity index (χ0) is 22.8. The van der Waals surface area contributed by atoms with Crippen LogP contribution in [0.25, 0.3) is 21.9 Å². The van der Waals surface area contributed by atoms with Gasteiger partial charge < -0.3 is 19.2 Å². The minimum Gasteiger partial charge on any atom is -0.497 e. The van der Waals surface area contributed by atoms with E-state index in [1.165, 1.54) is 0 Å². The van der Waals surface area contributed by atoms with Crippen molar-refractivity contribution in [1.29, 1.82) is 0 Å². The van der Waals surface area contributed by atoms with E-state index >= 15 is 0 Å². The fourth-order valence-corrected chi connectivity index (χ4v) is 3.75. The van der Waals surface area contributed by atoms with Gasteiger partial charge in [0.15, 0.2) is 0 Å². The Hall–Kier alpha value is -4.39. The van der Waals surface area contributed by atoms with Gasteiger partial charge in [0.25, 0.3) is 5.91 Å². The van der Waals surface area contributed by atoms with Gasteiger partial charge in [-0.3, -0.25) is 14.8 Å². The van der Waals surface area contributed by atoms with E-state index in [1.807, 2.05) is 54.6 Å². The van der Waals surface area contributed by atoms with Crippen molar-refractivity contribution in [1.82, 2.24) is 15.3 Å². The van der Waals surface area contributed by atoms with Crippen LogP contribution in [0.4, 0.5) is 0 Å². The molecule has 0 fully saturated rings. The van der Waals surface area contributed by atoms with E-state index in [-0.39, 0.29) is 5.91 Å². The molecule has 1 amide bonds. The maximum absolute atomic E-state index is 12.8. The van der Waals surface area contributed by atoms with Gasteiger partial charge in [-0.15, -0.1) is 0 Å². The predicted octanol–water partition coefficient (Wildman–Crippen LogP) is 5.42. The zero-order valence-corrected chi connectivity index (χ0v) is 18.2. The number of nitrogens with one attached hydrogen (secondary N) is 1. The SMILES string of the molecule is COc1ccc2c(Oc3ccc4c(C(=O)NCc5ccccn5)c(C)oc4c3)ccnc2c1. The molecule has 2 aromatic carbocycles. The average molecular weight is 439 g/mol. The number of carbonyl (C=O) groups is 1. The monoisotopic (exact) mass is 439 g/mol. The minimum atomic E-state index is -0.209. The van der Waals surface area contributed by atoms with E-state index in [1.54, 1.807) is 32.5 Å². The lowest BCUT2D eigenvalue weighted by atomic mass is 10.1. The maximum Gasteiger partial charge on any atom is 0.255 e. The Bertz CT molecular complexity index is 1460. The molecule has 0 aliphatic carbocycles. The Balaban J connectivity index is 1.41. The summed E-state index contributed by atoms with van der Waals surface area (Å²) in [5.41, 5.74) is 2.64. The van der Waals surface area contributed by atoms with Gasteiger partial charge in [-0.1, -0.05) is 6.07 Å². The van der Waals surface area contributed by atoms with E-state index in [9.17, 15) is 4.79 Å². The molecule has 1 N–H and O–H groups in total. The number of methoxy groups -OCH3 is 1. The van der Waals surface area contributed by atoms with Crippen LogP contribution >= 0.6 is 0 Å². The summed E-state index contributed by atoms with van der Waals surface area (Å²) in [6, 6.07) is 18.5. The van der Waals surface area contributed by atoms with Gasteiger partial charge >= 0.3 is 0 Å². The van der Waals surface area contributed by atoms with E-state index in [0.717, 1.165) is 27.7 Å². The van der Waals surface area contributed by atoms with Gasteiger partial charge in [-0.25, -0.2) is 0 Å². The standard InChI is InChI=1S/C26H21N3O4/c1-16-25(26(30)29-15-17-5-3-4-11-27-17)21-9-7-19(14-24(21)32-16)33-23-10-12-28-22-13-18(31-2)6-8-20(22)23/h3-14H,15H2,1-2H3,(H,29,30). The molecule has 7 heteroatoms. The summed E-state index contributed by atoms with van der Waals surface area (Å²) < 4.78 is 17.3. The summed E-state index contributed by atoms with van der Waals surface area (Å²) >= 11 is 0. The normalized spacial score (nSPS) is 11.0. The van der Waals surface area contributed by atoms with Crippen molar-refractivity contribution in [3.05, 3.63) is 90.1 Å². The summed E-state index contributed by atoms with van der Waals surface area (Å²) in [6.07, 6.45) is 3.39. The lowest BCUT2D eigenvalue weighted by Crippen LogP contribution is -2.23. The zero-order valence-electron chi connectivity index (χ0n) is 18.2. The Morgan fingerprint density at radius 1 is 0.970 bits per heavy atom. The number of rotatable bonds is 6. The first-order chi connectivity index (χ1) is 16.1. The molecule has 0 unspecified atom stereocenters. The van der Waals surface area contributed by atoms with Crippen LogP contribution in [0.3, 0.4) is 0 Å². The van der Waals surface area contributed by atoms with Crippen molar-refractivity contribution in [3.8, 4) is 17.2 Å². The van der Waals surface area contributed by atoms with Crippen molar-refractivity contribution in [2.24, 2.45) is 0 Å². The Morgan fingerprint density at radius 3 is 2.64 bits per heavy atom. The maximum atomic E-state index is 12.8. The molecule has 5 aromatic rings. The van der Waals surface area contributed by atoms with Crippen LogP contribution in [0.15, 0.2) is 77.5 Å². The third-order valence-electron chi connectivity index (χ3n) is 5.36. The summed E-state index contributed by atoms with van der Waals surface area (Å²) in [7, 11) is 1.62. The Morgan fingerprint density at radius 2 is 1.82 bits per heavy atom. The first-order valence-corrected chi connectivity index (χ1v) is 10.4. The van der Waals surface area contributed by atoms with Crippen LogP contribution in [0.5, 0.6) is 17.2 Å². The van der Waals surface area contributed by atoms with Crippen LogP contribution in [0, 0.1) is 6.92 Å². The second-order valence-electron chi connectivity index (χ2n) is 7.49. The van der Waals surface area contributed by atoms with Crippen molar-refractivity contribution in [3.63, 3.8) is 0 Å². The topological polar surface area (TPSA) is 86.5 Å². The third-order valence-corrected chi connectivity index (χ3v) is 5.36. The number of ether oxygens (including phenoxy) is 2. The van der Waals surface area contributed by atoms with E-state index in [4.69, 9.17) is 13.9 Å². The summed E-state index contributed by atoms with van der Waals surface area (Å²) in [5, 5.41) is 4.50. The van der Waals surface area contributed by atoms with Crippen LogP contribution in [0.2, 0.25) is 0 Å². The number of hydrogen-bond donors (Lipinski definition) is 1. The summed E-state index contributed by atoms with van der Waals surface area (Å²) in [4.78, 5) is 21.5. The molecule has 0 spiro atoms. The van der Waals surface area contributed by atoms with E-state index in [0.29, 0.717) is 35.0 Å². The molecule has 3 heterocycles. The number of amides is 1.